The molecule has 3 heteroatoms. The smallest absolute Gasteiger partial charge is 0.129 e. The fraction of sp³-hybridized carbons (Fsp3) is 0.600. The molecule has 1 aliphatic carbocycles. The van der Waals surface area contributed by atoms with E-state index in [1.807, 2.05) is 6.07 Å². The Balaban J connectivity index is 2.07. The van der Waals surface area contributed by atoms with Crippen molar-refractivity contribution in [2.24, 2.45) is 5.92 Å². The van der Waals surface area contributed by atoms with Crippen molar-refractivity contribution in [3.05, 3.63) is 18.6 Å². The van der Waals surface area contributed by atoms with E-state index in [0.717, 1.165) is 5.82 Å². The Morgan fingerprint density at radius 3 is 2.69 bits per heavy atom. The van der Waals surface area contributed by atoms with E-state index in [1.165, 1.54) is 12.8 Å². The number of anilines is 1. The van der Waals surface area contributed by atoms with Gasteiger partial charge in [0.2, 0.25) is 0 Å². The van der Waals surface area contributed by atoms with Crippen LogP contribution in [0.5, 0.6) is 0 Å². The van der Waals surface area contributed by atoms with Gasteiger partial charge in [-0.05, 0) is 24.8 Å². The fourth-order valence-corrected chi connectivity index (χ4v) is 1.60. The maximum atomic E-state index is 4.16. The molecule has 1 fully saturated rings. The summed E-state index contributed by atoms with van der Waals surface area (Å²) in [6.07, 6.45) is 5.87. The number of nitrogens with zero attached hydrogens (tertiary/aromatic N) is 2. The molecule has 0 aromatic carbocycles. The van der Waals surface area contributed by atoms with Gasteiger partial charge in [-0.3, -0.25) is 0 Å². The summed E-state index contributed by atoms with van der Waals surface area (Å²) in [6, 6.07) is 1.92. The predicted molar refractivity (Wildman–Crippen MR) is 52.5 cm³/mol. The highest BCUT2D eigenvalue weighted by Crippen LogP contribution is 2.44. The first-order valence-electron chi connectivity index (χ1n) is 4.77. The third-order valence-corrected chi connectivity index (χ3v) is 2.85. The molecule has 1 aromatic heterocycles. The molecule has 0 saturated heterocycles. The zero-order valence-corrected chi connectivity index (χ0v) is 8.12. The Morgan fingerprint density at radius 2 is 2.23 bits per heavy atom. The van der Waals surface area contributed by atoms with Crippen molar-refractivity contribution in [3.63, 3.8) is 0 Å². The van der Waals surface area contributed by atoms with E-state index >= 15 is 0 Å². The van der Waals surface area contributed by atoms with Gasteiger partial charge in [-0.2, -0.15) is 0 Å². The van der Waals surface area contributed by atoms with E-state index in [9.17, 15) is 0 Å². The quantitative estimate of drug-likeness (QED) is 0.768. The standard InChI is InChI=1S/C10H15N3/c1-8(2)10(4-5-10)13-9-3-6-11-7-12-9/h3,6-8H,4-5H2,1-2H3,(H,11,12,13). The van der Waals surface area contributed by atoms with Crippen LogP contribution in [0.25, 0.3) is 0 Å². The first-order chi connectivity index (χ1) is 6.23. The number of hydrogen-bond acceptors (Lipinski definition) is 3. The Hall–Kier alpha value is -1.12. The van der Waals surface area contributed by atoms with Crippen molar-refractivity contribution < 1.29 is 0 Å². The second-order valence-corrected chi connectivity index (χ2v) is 4.03. The fourth-order valence-electron chi connectivity index (χ4n) is 1.60. The van der Waals surface area contributed by atoms with Crippen LogP contribution in [-0.2, 0) is 0 Å². The monoisotopic (exact) mass is 177 g/mol. The lowest BCUT2D eigenvalue weighted by molar-refractivity contribution is 0.510. The van der Waals surface area contributed by atoms with Gasteiger partial charge < -0.3 is 5.32 Å². The first kappa shape index (κ1) is 8.48. The molecule has 3 nitrogen and oxygen atoms in total. The molecule has 70 valence electrons. The van der Waals surface area contributed by atoms with Gasteiger partial charge in [0.05, 0.1) is 0 Å². The summed E-state index contributed by atoms with van der Waals surface area (Å²) in [7, 11) is 0. The maximum Gasteiger partial charge on any atom is 0.129 e. The van der Waals surface area contributed by atoms with Crippen LogP contribution < -0.4 is 5.32 Å². The van der Waals surface area contributed by atoms with Crippen LogP contribution >= 0.6 is 0 Å². The molecule has 0 unspecified atom stereocenters. The molecular formula is C10H15N3. The lowest BCUT2D eigenvalue weighted by atomic mass is 10.0. The van der Waals surface area contributed by atoms with Crippen LogP contribution in [0.3, 0.4) is 0 Å². The van der Waals surface area contributed by atoms with Gasteiger partial charge in [-0.25, -0.2) is 9.97 Å². The molecule has 13 heavy (non-hydrogen) atoms. The zero-order chi connectivity index (χ0) is 9.31. The second kappa shape index (κ2) is 2.98. The second-order valence-electron chi connectivity index (χ2n) is 4.03. The summed E-state index contributed by atoms with van der Waals surface area (Å²) in [5.74, 6) is 1.61. The van der Waals surface area contributed by atoms with Crippen LogP contribution in [0.2, 0.25) is 0 Å². The van der Waals surface area contributed by atoms with Crippen molar-refractivity contribution in [3.8, 4) is 0 Å². The van der Waals surface area contributed by atoms with E-state index in [1.54, 1.807) is 12.5 Å². The number of nitrogens with one attached hydrogen (secondary N) is 1. The Morgan fingerprint density at radius 1 is 1.46 bits per heavy atom. The first-order valence-corrected chi connectivity index (χ1v) is 4.77. The highest BCUT2D eigenvalue weighted by atomic mass is 15.1. The third kappa shape index (κ3) is 1.64. The van der Waals surface area contributed by atoms with Crippen molar-refractivity contribution in [2.45, 2.75) is 32.2 Å². The van der Waals surface area contributed by atoms with Gasteiger partial charge in [0, 0.05) is 11.7 Å². The van der Waals surface area contributed by atoms with E-state index < -0.39 is 0 Å². The summed E-state index contributed by atoms with van der Waals surface area (Å²) >= 11 is 0. The number of aromatic nitrogens is 2. The molecule has 1 N–H and O–H groups in total. The molecule has 1 heterocycles. The molecule has 0 atom stereocenters. The Bertz CT molecular complexity index is 277. The maximum absolute atomic E-state index is 4.16. The van der Waals surface area contributed by atoms with Gasteiger partial charge >= 0.3 is 0 Å². The number of rotatable bonds is 3. The van der Waals surface area contributed by atoms with Crippen molar-refractivity contribution in [2.75, 3.05) is 5.32 Å². The van der Waals surface area contributed by atoms with Gasteiger partial charge in [0.25, 0.3) is 0 Å². The minimum atomic E-state index is 0.314. The van der Waals surface area contributed by atoms with Crippen molar-refractivity contribution in [1.29, 1.82) is 0 Å². The summed E-state index contributed by atoms with van der Waals surface area (Å²) in [5, 5.41) is 3.48. The van der Waals surface area contributed by atoms with Crippen LogP contribution in [0.15, 0.2) is 18.6 Å². The topological polar surface area (TPSA) is 37.8 Å². The molecule has 1 saturated carbocycles. The number of hydrogen-bond donors (Lipinski definition) is 1. The van der Waals surface area contributed by atoms with Crippen LogP contribution in [0, 0.1) is 5.92 Å². The van der Waals surface area contributed by atoms with E-state index in [4.69, 9.17) is 0 Å². The minimum absolute atomic E-state index is 0.314. The van der Waals surface area contributed by atoms with E-state index in [2.05, 4.69) is 29.1 Å². The molecule has 0 bridgehead atoms. The molecule has 2 rings (SSSR count). The van der Waals surface area contributed by atoms with Crippen molar-refractivity contribution in [1.82, 2.24) is 9.97 Å². The van der Waals surface area contributed by atoms with Crippen LogP contribution in [0.1, 0.15) is 26.7 Å². The molecule has 0 radical (unpaired) electrons. The van der Waals surface area contributed by atoms with Gasteiger partial charge in [-0.15, -0.1) is 0 Å². The van der Waals surface area contributed by atoms with Gasteiger partial charge in [-0.1, -0.05) is 13.8 Å². The van der Waals surface area contributed by atoms with Crippen LogP contribution in [0.4, 0.5) is 5.82 Å². The molecule has 0 amide bonds. The average Bonchev–Trinajstić information content (AvgIpc) is 2.87. The average molecular weight is 177 g/mol. The Kier molecular flexibility index (Phi) is 1.94. The molecule has 0 spiro atoms. The summed E-state index contributed by atoms with van der Waals surface area (Å²) in [6.45, 7) is 4.50. The van der Waals surface area contributed by atoms with E-state index in [-0.39, 0.29) is 0 Å². The Labute approximate surface area is 78.6 Å². The normalized spacial score (nSPS) is 18.7. The minimum Gasteiger partial charge on any atom is -0.364 e. The summed E-state index contributed by atoms with van der Waals surface area (Å²) in [4.78, 5) is 8.05. The lowest BCUT2D eigenvalue weighted by Gasteiger charge is -2.21. The predicted octanol–water partition coefficient (Wildman–Crippen LogP) is 2.08. The summed E-state index contributed by atoms with van der Waals surface area (Å²) < 4.78 is 0. The van der Waals surface area contributed by atoms with Gasteiger partial charge in [0.15, 0.2) is 0 Å². The van der Waals surface area contributed by atoms with Crippen LogP contribution in [-0.4, -0.2) is 15.5 Å². The van der Waals surface area contributed by atoms with E-state index in [0.29, 0.717) is 11.5 Å². The SMILES string of the molecule is CC(C)C1(Nc2ccncn2)CC1. The largest absolute Gasteiger partial charge is 0.364 e. The molecule has 1 aromatic rings. The third-order valence-electron chi connectivity index (χ3n) is 2.85. The summed E-state index contributed by atoms with van der Waals surface area (Å²) in [5.41, 5.74) is 0.314. The molecule has 0 aliphatic heterocycles. The highest BCUT2D eigenvalue weighted by molar-refractivity contribution is 5.39. The van der Waals surface area contributed by atoms with Gasteiger partial charge in [0.1, 0.15) is 12.1 Å². The molecular weight excluding hydrogens is 162 g/mol. The highest BCUT2D eigenvalue weighted by Gasteiger charge is 2.45. The lowest BCUT2D eigenvalue weighted by Crippen LogP contribution is -2.28. The molecule has 1 aliphatic rings. The van der Waals surface area contributed by atoms with Crippen molar-refractivity contribution >= 4 is 5.82 Å². The zero-order valence-electron chi connectivity index (χ0n) is 8.12.